The molecule has 4 rings (SSSR count). The standard InChI is InChI=1S/C19H25N3O2.ClH/c23-18(13-5-6-13)21-16-7-9-22(10-8-16)19(24)17-11-14-3-1-2-4-15(14)12-20-17;/h1-4,13,16-17,20H,5-12H2,(H,21,23);1H. The smallest absolute Gasteiger partial charge is 0.240 e. The quantitative estimate of drug-likeness (QED) is 0.858. The highest BCUT2D eigenvalue weighted by atomic mass is 35.5. The summed E-state index contributed by atoms with van der Waals surface area (Å²) in [6.07, 6.45) is 4.59. The molecule has 0 bridgehead atoms. The Balaban J connectivity index is 0.00000182. The van der Waals surface area contributed by atoms with E-state index in [1.807, 2.05) is 17.0 Å². The molecule has 3 aliphatic rings. The van der Waals surface area contributed by atoms with Gasteiger partial charge in [0.2, 0.25) is 11.8 Å². The monoisotopic (exact) mass is 363 g/mol. The van der Waals surface area contributed by atoms with E-state index in [4.69, 9.17) is 0 Å². The molecule has 136 valence electrons. The van der Waals surface area contributed by atoms with Gasteiger partial charge in [-0.1, -0.05) is 24.3 Å². The van der Waals surface area contributed by atoms with Gasteiger partial charge in [-0.3, -0.25) is 9.59 Å². The van der Waals surface area contributed by atoms with Gasteiger partial charge in [-0.2, -0.15) is 0 Å². The van der Waals surface area contributed by atoms with Crippen molar-refractivity contribution in [3.63, 3.8) is 0 Å². The third-order valence-corrected chi connectivity index (χ3v) is 5.48. The average molecular weight is 364 g/mol. The lowest BCUT2D eigenvalue weighted by Gasteiger charge is -2.36. The fourth-order valence-corrected chi connectivity index (χ4v) is 3.76. The summed E-state index contributed by atoms with van der Waals surface area (Å²) in [6.45, 7) is 2.25. The maximum Gasteiger partial charge on any atom is 0.240 e. The summed E-state index contributed by atoms with van der Waals surface area (Å²) in [4.78, 5) is 26.6. The summed E-state index contributed by atoms with van der Waals surface area (Å²) in [6, 6.07) is 8.45. The molecule has 25 heavy (non-hydrogen) atoms. The maximum absolute atomic E-state index is 12.8. The Morgan fingerprint density at radius 3 is 2.40 bits per heavy atom. The van der Waals surface area contributed by atoms with Crippen LogP contribution in [0.5, 0.6) is 0 Å². The lowest BCUT2D eigenvalue weighted by atomic mass is 9.94. The second-order valence-corrected chi connectivity index (χ2v) is 7.29. The predicted octanol–water partition coefficient (Wildman–Crippen LogP) is 1.64. The van der Waals surface area contributed by atoms with Crippen molar-refractivity contribution in [2.45, 2.75) is 50.7 Å². The van der Waals surface area contributed by atoms with Crippen LogP contribution in [-0.4, -0.2) is 41.9 Å². The molecular weight excluding hydrogens is 338 g/mol. The van der Waals surface area contributed by atoms with E-state index < -0.39 is 0 Å². The van der Waals surface area contributed by atoms with E-state index in [1.165, 1.54) is 11.1 Å². The van der Waals surface area contributed by atoms with Crippen molar-refractivity contribution in [1.29, 1.82) is 0 Å². The molecule has 2 amide bonds. The summed E-state index contributed by atoms with van der Waals surface area (Å²) in [7, 11) is 0. The Labute approximate surface area is 154 Å². The molecule has 1 aromatic rings. The number of piperidine rings is 1. The highest BCUT2D eigenvalue weighted by Crippen LogP contribution is 2.29. The van der Waals surface area contributed by atoms with Crippen molar-refractivity contribution in [3.8, 4) is 0 Å². The number of rotatable bonds is 3. The van der Waals surface area contributed by atoms with E-state index in [0.29, 0.717) is 0 Å². The third kappa shape index (κ3) is 4.15. The molecule has 0 aromatic heterocycles. The predicted molar refractivity (Wildman–Crippen MR) is 98.5 cm³/mol. The van der Waals surface area contributed by atoms with Gasteiger partial charge in [-0.15, -0.1) is 12.4 Å². The number of benzene rings is 1. The topological polar surface area (TPSA) is 61.4 Å². The Hall–Kier alpha value is -1.59. The number of carbonyl (C=O) groups excluding carboxylic acids is 2. The minimum Gasteiger partial charge on any atom is -0.353 e. The van der Waals surface area contributed by atoms with Gasteiger partial charge >= 0.3 is 0 Å². The first-order chi connectivity index (χ1) is 11.7. The molecule has 1 saturated heterocycles. The van der Waals surface area contributed by atoms with Gasteiger partial charge in [0.05, 0.1) is 6.04 Å². The Morgan fingerprint density at radius 2 is 1.72 bits per heavy atom. The van der Waals surface area contributed by atoms with Crippen LogP contribution in [0.15, 0.2) is 24.3 Å². The molecule has 1 aromatic carbocycles. The zero-order valence-corrected chi connectivity index (χ0v) is 15.2. The van der Waals surface area contributed by atoms with E-state index in [0.717, 1.165) is 51.7 Å². The number of hydrogen-bond acceptors (Lipinski definition) is 3. The molecule has 2 aliphatic heterocycles. The van der Waals surface area contributed by atoms with Crippen molar-refractivity contribution in [3.05, 3.63) is 35.4 Å². The summed E-state index contributed by atoms with van der Waals surface area (Å²) < 4.78 is 0. The lowest BCUT2D eigenvalue weighted by Crippen LogP contribution is -2.53. The maximum atomic E-state index is 12.8. The number of hydrogen-bond donors (Lipinski definition) is 2. The fourth-order valence-electron chi connectivity index (χ4n) is 3.76. The van der Waals surface area contributed by atoms with Crippen molar-refractivity contribution in [2.75, 3.05) is 13.1 Å². The average Bonchev–Trinajstić information content (AvgIpc) is 3.46. The van der Waals surface area contributed by atoms with Crippen molar-refractivity contribution in [2.24, 2.45) is 5.92 Å². The van der Waals surface area contributed by atoms with E-state index >= 15 is 0 Å². The molecule has 1 unspecified atom stereocenters. The van der Waals surface area contributed by atoms with Crippen LogP contribution < -0.4 is 10.6 Å². The first kappa shape index (κ1) is 18.2. The third-order valence-electron chi connectivity index (χ3n) is 5.48. The molecule has 1 aliphatic carbocycles. The summed E-state index contributed by atoms with van der Waals surface area (Å²) in [5.41, 5.74) is 2.57. The molecule has 2 fully saturated rings. The van der Waals surface area contributed by atoms with Gasteiger partial charge in [-0.05, 0) is 43.2 Å². The first-order valence-corrected chi connectivity index (χ1v) is 9.10. The zero-order chi connectivity index (χ0) is 16.5. The van der Waals surface area contributed by atoms with Crippen LogP contribution >= 0.6 is 12.4 Å². The minimum absolute atomic E-state index is 0. The van der Waals surface area contributed by atoms with Crippen LogP contribution in [-0.2, 0) is 22.6 Å². The number of fused-ring (bicyclic) bond motifs is 1. The minimum atomic E-state index is -0.113. The van der Waals surface area contributed by atoms with Crippen LogP contribution in [0.25, 0.3) is 0 Å². The molecule has 2 heterocycles. The molecule has 5 nitrogen and oxygen atoms in total. The van der Waals surface area contributed by atoms with Crippen molar-refractivity contribution >= 4 is 24.2 Å². The van der Waals surface area contributed by atoms with Gasteiger partial charge in [0.25, 0.3) is 0 Å². The highest BCUT2D eigenvalue weighted by molar-refractivity contribution is 5.85. The molecule has 0 radical (unpaired) electrons. The van der Waals surface area contributed by atoms with E-state index in [1.54, 1.807) is 0 Å². The number of carbonyl (C=O) groups is 2. The highest BCUT2D eigenvalue weighted by Gasteiger charge is 2.33. The summed E-state index contributed by atoms with van der Waals surface area (Å²) in [5.74, 6) is 0.679. The number of nitrogens with one attached hydrogen (secondary N) is 2. The normalized spacial score (nSPS) is 23.4. The van der Waals surface area contributed by atoms with Gasteiger partial charge in [-0.25, -0.2) is 0 Å². The zero-order valence-electron chi connectivity index (χ0n) is 14.4. The van der Waals surface area contributed by atoms with Crippen molar-refractivity contribution in [1.82, 2.24) is 15.5 Å². The molecule has 1 saturated carbocycles. The van der Waals surface area contributed by atoms with Crippen LogP contribution in [0, 0.1) is 5.92 Å². The molecule has 6 heteroatoms. The lowest BCUT2D eigenvalue weighted by molar-refractivity contribution is -0.134. The summed E-state index contributed by atoms with van der Waals surface area (Å²) in [5, 5.41) is 6.52. The van der Waals surface area contributed by atoms with E-state index in [2.05, 4.69) is 22.8 Å². The molecular formula is C19H26ClN3O2. The second-order valence-electron chi connectivity index (χ2n) is 7.29. The number of halogens is 1. The van der Waals surface area contributed by atoms with Crippen LogP contribution in [0.4, 0.5) is 0 Å². The SMILES string of the molecule is Cl.O=C(NC1CCN(C(=O)C2Cc3ccccc3CN2)CC1)C1CC1. The second kappa shape index (κ2) is 7.75. The Morgan fingerprint density at radius 1 is 1.04 bits per heavy atom. The molecule has 0 spiro atoms. The Kier molecular flexibility index (Phi) is 5.64. The fraction of sp³-hybridized carbons (Fsp3) is 0.579. The molecule has 1 atom stereocenters. The van der Waals surface area contributed by atoms with Crippen molar-refractivity contribution < 1.29 is 9.59 Å². The van der Waals surface area contributed by atoms with Gasteiger partial charge < -0.3 is 15.5 Å². The number of nitrogens with zero attached hydrogens (tertiary/aromatic N) is 1. The van der Waals surface area contributed by atoms with Gasteiger partial charge in [0, 0.05) is 31.6 Å². The van der Waals surface area contributed by atoms with Gasteiger partial charge in [0.1, 0.15) is 0 Å². The Bertz CT molecular complexity index is 639. The number of amides is 2. The van der Waals surface area contributed by atoms with Crippen LogP contribution in [0.3, 0.4) is 0 Å². The van der Waals surface area contributed by atoms with E-state index in [9.17, 15) is 9.59 Å². The van der Waals surface area contributed by atoms with E-state index in [-0.39, 0.29) is 42.2 Å². The van der Waals surface area contributed by atoms with Crippen LogP contribution in [0.2, 0.25) is 0 Å². The molecule has 2 N–H and O–H groups in total. The van der Waals surface area contributed by atoms with Crippen LogP contribution in [0.1, 0.15) is 36.8 Å². The first-order valence-electron chi connectivity index (χ1n) is 9.10. The number of likely N-dealkylation sites (tertiary alicyclic amines) is 1. The largest absolute Gasteiger partial charge is 0.353 e. The summed E-state index contributed by atoms with van der Waals surface area (Å²) >= 11 is 0. The van der Waals surface area contributed by atoms with Gasteiger partial charge in [0.15, 0.2) is 0 Å².